The maximum absolute atomic E-state index is 5.96. The monoisotopic (exact) mass is 250 g/mol. The molecule has 1 atom stereocenters. The Morgan fingerprint density at radius 1 is 1.22 bits per heavy atom. The van der Waals surface area contributed by atoms with Crippen molar-refractivity contribution in [2.75, 3.05) is 33.9 Å². The van der Waals surface area contributed by atoms with E-state index in [-0.39, 0.29) is 6.04 Å². The van der Waals surface area contributed by atoms with Crippen molar-refractivity contribution in [2.45, 2.75) is 18.9 Å². The molecule has 1 fully saturated rings. The van der Waals surface area contributed by atoms with Crippen molar-refractivity contribution in [3.8, 4) is 11.5 Å². The summed E-state index contributed by atoms with van der Waals surface area (Å²) in [4.78, 5) is 2.43. The molecule has 1 aromatic rings. The summed E-state index contributed by atoms with van der Waals surface area (Å²) in [5.74, 6) is 1.74. The molecular formula is C14H22N2O2. The Kier molecular flexibility index (Phi) is 4.44. The number of nitrogens with two attached hydrogens (primary N) is 1. The molecule has 2 N–H and O–H groups in total. The van der Waals surface area contributed by atoms with Gasteiger partial charge in [0.15, 0.2) is 0 Å². The van der Waals surface area contributed by atoms with Gasteiger partial charge in [0.05, 0.1) is 20.3 Å². The number of hydrogen-bond acceptors (Lipinski definition) is 4. The summed E-state index contributed by atoms with van der Waals surface area (Å²) < 4.78 is 10.7. The van der Waals surface area contributed by atoms with Gasteiger partial charge in [-0.05, 0) is 44.1 Å². The van der Waals surface area contributed by atoms with Gasteiger partial charge in [0, 0.05) is 12.1 Å². The van der Waals surface area contributed by atoms with Crippen molar-refractivity contribution in [1.29, 1.82) is 0 Å². The van der Waals surface area contributed by atoms with Crippen LogP contribution in [0, 0.1) is 0 Å². The second-order valence-electron chi connectivity index (χ2n) is 4.60. The lowest BCUT2D eigenvalue weighted by atomic mass is 10.0. The van der Waals surface area contributed by atoms with Crippen LogP contribution in [-0.4, -0.2) is 38.8 Å². The van der Waals surface area contributed by atoms with Gasteiger partial charge in [-0.1, -0.05) is 0 Å². The molecule has 18 heavy (non-hydrogen) atoms. The zero-order valence-electron chi connectivity index (χ0n) is 11.2. The van der Waals surface area contributed by atoms with Crippen LogP contribution in [0.2, 0.25) is 0 Å². The molecule has 0 amide bonds. The molecule has 2 rings (SSSR count). The molecule has 0 saturated carbocycles. The quantitative estimate of drug-likeness (QED) is 0.865. The van der Waals surface area contributed by atoms with Crippen LogP contribution in [0.5, 0.6) is 11.5 Å². The fraction of sp³-hybridized carbons (Fsp3) is 0.571. The zero-order valence-corrected chi connectivity index (χ0v) is 11.2. The average molecular weight is 250 g/mol. The molecule has 0 unspecified atom stereocenters. The number of likely N-dealkylation sites (tertiary alicyclic amines) is 1. The summed E-state index contributed by atoms with van der Waals surface area (Å²) in [5, 5.41) is 0. The van der Waals surface area contributed by atoms with Crippen LogP contribution < -0.4 is 15.2 Å². The molecule has 4 heteroatoms. The van der Waals surface area contributed by atoms with Crippen LogP contribution in [0.25, 0.3) is 0 Å². The van der Waals surface area contributed by atoms with E-state index < -0.39 is 0 Å². The predicted octanol–water partition coefficient (Wildman–Crippen LogP) is 1.80. The molecule has 1 aliphatic heterocycles. The van der Waals surface area contributed by atoms with Gasteiger partial charge in [0.1, 0.15) is 11.5 Å². The summed E-state index contributed by atoms with van der Waals surface area (Å²) in [7, 11) is 3.38. The van der Waals surface area contributed by atoms with E-state index in [1.807, 2.05) is 18.2 Å². The summed E-state index contributed by atoms with van der Waals surface area (Å²) >= 11 is 0. The first kappa shape index (κ1) is 13.2. The van der Waals surface area contributed by atoms with E-state index in [2.05, 4.69) is 4.90 Å². The summed E-state index contributed by atoms with van der Waals surface area (Å²) in [5.41, 5.74) is 7.09. The third-order valence-corrected chi connectivity index (χ3v) is 3.60. The average Bonchev–Trinajstić information content (AvgIpc) is 2.93. The van der Waals surface area contributed by atoms with E-state index in [0.717, 1.165) is 30.2 Å². The van der Waals surface area contributed by atoms with E-state index >= 15 is 0 Å². The fourth-order valence-electron chi connectivity index (χ4n) is 2.63. The van der Waals surface area contributed by atoms with E-state index in [1.165, 1.54) is 12.8 Å². The third-order valence-electron chi connectivity index (χ3n) is 3.60. The highest BCUT2D eigenvalue weighted by atomic mass is 16.5. The Bertz CT molecular complexity index is 389. The second kappa shape index (κ2) is 6.07. The minimum absolute atomic E-state index is 0.220. The lowest BCUT2D eigenvalue weighted by Crippen LogP contribution is -2.31. The zero-order chi connectivity index (χ0) is 13.0. The van der Waals surface area contributed by atoms with Crippen LogP contribution in [0.1, 0.15) is 24.4 Å². The minimum Gasteiger partial charge on any atom is -0.497 e. The first-order valence-corrected chi connectivity index (χ1v) is 6.46. The van der Waals surface area contributed by atoms with Crippen molar-refractivity contribution in [3.05, 3.63) is 23.8 Å². The van der Waals surface area contributed by atoms with Crippen LogP contribution >= 0.6 is 0 Å². The van der Waals surface area contributed by atoms with Crippen molar-refractivity contribution in [1.82, 2.24) is 4.90 Å². The highest BCUT2D eigenvalue weighted by molar-refractivity contribution is 5.42. The largest absolute Gasteiger partial charge is 0.497 e. The molecule has 1 aliphatic rings. The number of benzene rings is 1. The van der Waals surface area contributed by atoms with Crippen LogP contribution in [0.15, 0.2) is 18.2 Å². The van der Waals surface area contributed by atoms with Gasteiger partial charge in [-0.25, -0.2) is 0 Å². The lowest BCUT2D eigenvalue weighted by Gasteiger charge is -2.28. The number of ether oxygens (including phenoxy) is 2. The predicted molar refractivity (Wildman–Crippen MR) is 72.1 cm³/mol. The van der Waals surface area contributed by atoms with Gasteiger partial charge in [-0.15, -0.1) is 0 Å². The Balaban J connectivity index is 2.32. The van der Waals surface area contributed by atoms with Gasteiger partial charge in [0.25, 0.3) is 0 Å². The number of nitrogens with zero attached hydrogens (tertiary/aromatic N) is 1. The van der Waals surface area contributed by atoms with Gasteiger partial charge in [-0.2, -0.15) is 0 Å². The molecule has 0 spiro atoms. The van der Waals surface area contributed by atoms with Crippen LogP contribution in [0.4, 0.5) is 0 Å². The highest BCUT2D eigenvalue weighted by Crippen LogP contribution is 2.33. The molecule has 1 saturated heterocycles. The topological polar surface area (TPSA) is 47.7 Å². The third kappa shape index (κ3) is 2.60. The standard InChI is InChI=1S/C14H22N2O2/c1-17-11-5-6-14(18-2)12(9-11)13(10-15)16-7-3-4-8-16/h5-6,9,13H,3-4,7-8,10,15H2,1-2H3/t13-/m0/s1. The summed E-state index contributed by atoms with van der Waals surface area (Å²) in [6, 6.07) is 6.12. The fourth-order valence-corrected chi connectivity index (χ4v) is 2.63. The molecule has 100 valence electrons. The van der Waals surface area contributed by atoms with Gasteiger partial charge >= 0.3 is 0 Å². The maximum Gasteiger partial charge on any atom is 0.123 e. The smallest absolute Gasteiger partial charge is 0.123 e. The van der Waals surface area contributed by atoms with E-state index in [4.69, 9.17) is 15.2 Å². The molecule has 4 nitrogen and oxygen atoms in total. The minimum atomic E-state index is 0.220. The molecule has 0 aromatic heterocycles. The molecule has 0 radical (unpaired) electrons. The van der Waals surface area contributed by atoms with Crippen molar-refractivity contribution in [3.63, 3.8) is 0 Å². The highest BCUT2D eigenvalue weighted by Gasteiger charge is 2.25. The molecule has 1 aromatic carbocycles. The summed E-state index contributed by atoms with van der Waals surface area (Å²) in [6.07, 6.45) is 2.51. The SMILES string of the molecule is COc1ccc(OC)c([C@H](CN)N2CCCC2)c1. The van der Waals surface area contributed by atoms with E-state index in [1.54, 1.807) is 14.2 Å². The van der Waals surface area contributed by atoms with Gasteiger partial charge in [0.2, 0.25) is 0 Å². The molecule has 1 heterocycles. The number of rotatable bonds is 5. The Hall–Kier alpha value is -1.26. The Morgan fingerprint density at radius 2 is 1.94 bits per heavy atom. The van der Waals surface area contributed by atoms with Crippen molar-refractivity contribution < 1.29 is 9.47 Å². The first-order valence-electron chi connectivity index (χ1n) is 6.46. The maximum atomic E-state index is 5.96. The van der Waals surface area contributed by atoms with Crippen LogP contribution in [-0.2, 0) is 0 Å². The second-order valence-corrected chi connectivity index (χ2v) is 4.60. The molecular weight excluding hydrogens is 228 g/mol. The van der Waals surface area contributed by atoms with E-state index in [9.17, 15) is 0 Å². The molecule has 0 bridgehead atoms. The van der Waals surface area contributed by atoms with Crippen LogP contribution in [0.3, 0.4) is 0 Å². The van der Waals surface area contributed by atoms with Crippen molar-refractivity contribution in [2.24, 2.45) is 5.73 Å². The van der Waals surface area contributed by atoms with Gasteiger partial charge < -0.3 is 15.2 Å². The summed E-state index contributed by atoms with van der Waals surface area (Å²) in [6.45, 7) is 2.83. The molecule has 0 aliphatic carbocycles. The van der Waals surface area contributed by atoms with Crippen molar-refractivity contribution >= 4 is 0 Å². The first-order chi connectivity index (χ1) is 8.80. The van der Waals surface area contributed by atoms with E-state index in [0.29, 0.717) is 6.54 Å². The Labute approximate surface area is 109 Å². The van der Waals surface area contributed by atoms with Gasteiger partial charge in [-0.3, -0.25) is 4.90 Å². The normalized spacial score (nSPS) is 17.7. The number of hydrogen-bond donors (Lipinski definition) is 1. The lowest BCUT2D eigenvalue weighted by molar-refractivity contribution is 0.244. The number of methoxy groups -OCH3 is 2. The Morgan fingerprint density at radius 3 is 2.50 bits per heavy atom.